The fourth-order valence-corrected chi connectivity index (χ4v) is 5.43. The number of halogens is 1. The zero-order valence-electron chi connectivity index (χ0n) is 17.9. The lowest BCUT2D eigenvalue weighted by molar-refractivity contribution is -0.116. The second kappa shape index (κ2) is 9.61. The van der Waals surface area contributed by atoms with E-state index in [2.05, 4.69) is 39.4 Å². The first-order valence-corrected chi connectivity index (χ1v) is 12.3. The highest BCUT2D eigenvalue weighted by Crippen LogP contribution is 2.39. The predicted molar refractivity (Wildman–Crippen MR) is 133 cm³/mol. The smallest absolute Gasteiger partial charge is 0.244 e. The Morgan fingerprint density at radius 1 is 1.12 bits per heavy atom. The third-order valence-corrected chi connectivity index (χ3v) is 7.46. The van der Waals surface area contributed by atoms with Crippen molar-refractivity contribution in [2.75, 3.05) is 44.2 Å². The Labute approximate surface area is 197 Å². The molecule has 2 heterocycles. The van der Waals surface area contributed by atoms with E-state index in [1.54, 1.807) is 23.7 Å². The van der Waals surface area contributed by atoms with Gasteiger partial charge in [0.05, 0.1) is 4.70 Å². The van der Waals surface area contributed by atoms with Gasteiger partial charge in [-0.15, -0.1) is 0 Å². The Morgan fingerprint density at radius 3 is 2.81 bits per heavy atom. The Bertz CT molecular complexity index is 1120. The molecule has 32 heavy (non-hydrogen) atoms. The molecule has 7 heteroatoms. The van der Waals surface area contributed by atoms with Gasteiger partial charge in [-0.1, -0.05) is 35.9 Å². The maximum Gasteiger partial charge on any atom is 0.244 e. The van der Waals surface area contributed by atoms with Crippen molar-refractivity contribution in [3.8, 4) is 0 Å². The summed E-state index contributed by atoms with van der Waals surface area (Å²) in [6.45, 7) is 6.08. The van der Waals surface area contributed by atoms with E-state index in [0.29, 0.717) is 16.9 Å². The summed E-state index contributed by atoms with van der Waals surface area (Å²) in [5.41, 5.74) is 0.932. The molecule has 1 N–H and O–H groups in total. The number of fused-ring (bicyclic) bond motifs is 1. The highest BCUT2D eigenvalue weighted by atomic mass is 35.5. The van der Waals surface area contributed by atoms with Crippen LogP contribution in [0.1, 0.15) is 12.0 Å². The van der Waals surface area contributed by atoms with Crippen LogP contribution in [-0.4, -0.2) is 54.4 Å². The van der Waals surface area contributed by atoms with Crippen molar-refractivity contribution in [1.29, 1.82) is 0 Å². The van der Waals surface area contributed by atoms with Gasteiger partial charge in [0.2, 0.25) is 5.91 Å². The van der Waals surface area contributed by atoms with Crippen molar-refractivity contribution in [3.63, 3.8) is 0 Å². The van der Waals surface area contributed by atoms with E-state index in [0.717, 1.165) is 50.6 Å². The van der Waals surface area contributed by atoms with Gasteiger partial charge in [-0.25, -0.2) is 0 Å². The summed E-state index contributed by atoms with van der Waals surface area (Å²) in [7, 11) is 0. The molecule has 166 valence electrons. The first-order valence-electron chi connectivity index (χ1n) is 11.2. The summed E-state index contributed by atoms with van der Waals surface area (Å²) in [5, 5.41) is 4.99. The monoisotopic (exact) mass is 466 g/mol. The number of piperazine rings is 1. The molecule has 5 nitrogen and oxygen atoms in total. The predicted octanol–water partition coefficient (Wildman–Crippen LogP) is 4.54. The Morgan fingerprint density at radius 2 is 1.97 bits per heavy atom. The van der Waals surface area contributed by atoms with Crippen molar-refractivity contribution < 1.29 is 4.79 Å². The quantitative estimate of drug-likeness (QED) is 0.519. The summed E-state index contributed by atoms with van der Waals surface area (Å²) in [5.74, 6) is 2.39. The molecular weight excluding hydrogens is 440 g/mol. The lowest BCUT2D eigenvalue weighted by Crippen LogP contribution is -2.47. The fraction of sp³-hybridized carbons (Fsp3) is 0.360. The maximum atomic E-state index is 12.1. The number of carbonyl (C=O) groups is 1. The van der Waals surface area contributed by atoms with Gasteiger partial charge >= 0.3 is 0 Å². The topological polar surface area (TPSA) is 48.5 Å². The zero-order valence-corrected chi connectivity index (χ0v) is 19.5. The number of hydrogen-bond donors (Lipinski definition) is 1. The molecule has 2 unspecified atom stereocenters. The second-order valence-corrected chi connectivity index (χ2v) is 9.92. The van der Waals surface area contributed by atoms with E-state index in [4.69, 9.17) is 16.0 Å². The van der Waals surface area contributed by atoms with Crippen LogP contribution in [0.5, 0.6) is 0 Å². The number of amides is 1. The van der Waals surface area contributed by atoms with Crippen LogP contribution in [0.15, 0.2) is 54.6 Å². The van der Waals surface area contributed by atoms with Crippen LogP contribution < -0.4 is 10.2 Å². The molecule has 0 spiro atoms. The molecular formula is C25H27ClN4OS. The average molecular weight is 467 g/mol. The number of nitrogens with one attached hydrogen (secondary N) is 1. The summed E-state index contributed by atoms with van der Waals surface area (Å²) < 4.78 is 5.97. The molecule has 0 radical (unpaired) electrons. The van der Waals surface area contributed by atoms with Crippen LogP contribution in [0.2, 0.25) is 5.02 Å². The zero-order chi connectivity index (χ0) is 21.9. The molecule has 1 saturated carbocycles. The minimum atomic E-state index is -0.0419. The van der Waals surface area contributed by atoms with E-state index >= 15 is 0 Å². The highest BCUT2D eigenvalue weighted by Gasteiger charge is 2.38. The Kier molecular flexibility index (Phi) is 6.44. The van der Waals surface area contributed by atoms with Gasteiger partial charge in [-0.3, -0.25) is 9.69 Å². The molecule has 1 aromatic heterocycles. The van der Waals surface area contributed by atoms with Crippen LogP contribution >= 0.6 is 23.1 Å². The normalized spacial score (nSPS) is 21.3. The molecule has 1 aliphatic heterocycles. The lowest BCUT2D eigenvalue weighted by atomic mass is 10.2. The number of benzene rings is 2. The molecule has 1 amide bonds. The van der Waals surface area contributed by atoms with Crippen molar-refractivity contribution in [2.45, 2.75) is 6.42 Å². The number of anilines is 1. The minimum Gasteiger partial charge on any atom is -0.353 e. The van der Waals surface area contributed by atoms with Gasteiger partial charge in [-0.05, 0) is 65.7 Å². The van der Waals surface area contributed by atoms with E-state index in [-0.39, 0.29) is 5.91 Å². The molecule has 1 aliphatic carbocycles. The molecule has 0 bridgehead atoms. The van der Waals surface area contributed by atoms with Crippen LogP contribution in [0.4, 0.5) is 5.82 Å². The lowest BCUT2D eigenvalue weighted by Gasteiger charge is -2.35. The average Bonchev–Trinajstić information content (AvgIpc) is 3.41. The van der Waals surface area contributed by atoms with Crippen molar-refractivity contribution in [3.05, 3.63) is 65.2 Å². The number of rotatable bonds is 7. The summed E-state index contributed by atoms with van der Waals surface area (Å²) in [4.78, 5) is 17.1. The van der Waals surface area contributed by atoms with Crippen LogP contribution in [0.3, 0.4) is 0 Å². The summed E-state index contributed by atoms with van der Waals surface area (Å²) in [6.07, 6.45) is 4.59. The minimum absolute atomic E-state index is 0.0419. The molecule has 1 saturated heterocycles. The SMILES string of the molecule is O=C(C=Cc1cccc(Cl)c1)NCC1CC1CN1CCN(c2nsc3ccccc23)CC1. The largest absolute Gasteiger partial charge is 0.353 e. The second-order valence-electron chi connectivity index (χ2n) is 8.68. The van der Waals surface area contributed by atoms with Gasteiger partial charge in [0, 0.05) is 55.8 Å². The van der Waals surface area contributed by atoms with Gasteiger partial charge in [0.15, 0.2) is 0 Å². The van der Waals surface area contributed by atoms with Crippen molar-refractivity contribution in [1.82, 2.24) is 14.6 Å². The first kappa shape index (κ1) is 21.4. The van der Waals surface area contributed by atoms with Gasteiger partial charge in [0.25, 0.3) is 0 Å². The number of nitrogens with zero attached hydrogens (tertiary/aromatic N) is 3. The fourth-order valence-electron chi connectivity index (χ4n) is 4.43. The molecule has 5 rings (SSSR count). The summed E-state index contributed by atoms with van der Waals surface area (Å²) >= 11 is 7.57. The third kappa shape index (κ3) is 5.14. The molecule has 2 aromatic carbocycles. The molecule has 2 fully saturated rings. The Balaban J connectivity index is 1.03. The molecule has 3 aromatic rings. The van der Waals surface area contributed by atoms with E-state index in [9.17, 15) is 4.79 Å². The third-order valence-electron chi connectivity index (χ3n) is 6.41. The van der Waals surface area contributed by atoms with Crippen LogP contribution in [-0.2, 0) is 4.79 Å². The van der Waals surface area contributed by atoms with Gasteiger partial charge in [-0.2, -0.15) is 4.37 Å². The Hall–Kier alpha value is -2.41. The summed E-state index contributed by atoms with van der Waals surface area (Å²) in [6, 6.07) is 16.0. The standard InChI is InChI=1S/C25H27ClN4OS/c26-21-5-3-4-18(14-21)8-9-24(31)27-16-19-15-20(19)17-29-10-12-30(13-11-29)25-22-6-1-2-7-23(22)32-28-25/h1-9,14,19-20H,10-13,15-17H2,(H,27,31). The molecule has 2 atom stereocenters. The highest BCUT2D eigenvalue weighted by molar-refractivity contribution is 7.13. The van der Waals surface area contributed by atoms with Gasteiger partial charge in [0.1, 0.15) is 5.82 Å². The number of carbonyl (C=O) groups excluding carboxylic acids is 1. The van der Waals surface area contributed by atoms with Crippen LogP contribution in [0.25, 0.3) is 16.2 Å². The first-order chi connectivity index (χ1) is 15.7. The number of aromatic nitrogens is 1. The molecule has 2 aliphatic rings. The van der Waals surface area contributed by atoms with Crippen molar-refractivity contribution >= 4 is 51.0 Å². The number of hydrogen-bond acceptors (Lipinski definition) is 5. The van der Waals surface area contributed by atoms with E-state index in [1.807, 2.05) is 24.3 Å². The van der Waals surface area contributed by atoms with E-state index < -0.39 is 0 Å². The maximum absolute atomic E-state index is 12.1. The van der Waals surface area contributed by atoms with Crippen LogP contribution in [0, 0.1) is 11.8 Å². The van der Waals surface area contributed by atoms with Gasteiger partial charge < -0.3 is 10.2 Å². The van der Waals surface area contributed by atoms with Crippen molar-refractivity contribution in [2.24, 2.45) is 11.8 Å². The van der Waals surface area contributed by atoms with E-state index in [1.165, 1.54) is 16.5 Å².